The number of hydrogen-bond donors (Lipinski definition) is 3. The third kappa shape index (κ3) is 7.01. The Morgan fingerprint density at radius 3 is 2.19 bits per heavy atom. The fourth-order valence-electron chi connectivity index (χ4n) is 4.16. The molecule has 0 aromatic rings. The van der Waals surface area contributed by atoms with Crippen LogP contribution in [-0.2, 0) is 19.2 Å². The van der Waals surface area contributed by atoms with E-state index in [0.29, 0.717) is 17.9 Å². The second-order valence-corrected chi connectivity index (χ2v) is 9.95. The minimum Gasteiger partial charge on any atom is -0.356 e. The van der Waals surface area contributed by atoms with Gasteiger partial charge in [0, 0.05) is 19.0 Å². The largest absolute Gasteiger partial charge is 0.471 e. The van der Waals surface area contributed by atoms with Gasteiger partial charge in [-0.05, 0) is 24.7 Å². The van der Waals surface area contributed by atoms with Gasteiger partial charge in [-0.2, -0.15) is 31.6 Å². The fraction of sp³-hybridized carbons (Fsp3) is 0.762. The zero-order chi connectivity index (χ0) is 27.6. The average molecular weight is 527 g/mol. The molecule has 0 aliphatic carbocycles. The van der Waals surface area contributed by atoms with Crippen LogP contribution in [0, 0.1) is 28.6 Å². The Bertz CT molecular complexity index is 924. The van der Waals surface area contributed by atoms with Gasteiger partial charge in [0.05, 0.1) is 12.0 Å². The zero-order valence-electron chi connectivity index (χ0n) is 19.7. The van der Waals surface area contributed by atoms with Crippen molar-refractivity contribution in [3.8, 4) is 6.07 Å². The van der Waals surface area contributed by atoms with Gasteiger partial charge in [-0.15, -0.1) is 0 Å². The average Bonchev–Trinajstić information content (AvgIpc) is 3.35. The highest BCUT2D eigenvalue weighted by molar-refractivity contribution is 5.94. The highest BCUT2D eigenvalue weighted by atomic mass is 19.4. The molecule has 2 heterocycles. The first-order valence-corrected chi connectivity index (χ1v) is 11.1. The number of likely N-dealkylation sites (tertiary alicyclic amines) is 1. The molecular weight excluding hydrogens is 500 g/mol. The molecule has 0 bridgehead atoms. The Morgan fingerprint density at radius 1 is 1.14 bits per heavy atom. The van der Waals surface area contributed by atoms with Crippen molar-refractivity contribution >= 4 is 23.6 Å². The number of nitrogens with one attached hydrogen (secondary N) is 3. The van der Waals surface area contributed by atoms with E-state index in [1.54, 1.807) is 6.07 Å². The van der Waals surface area contributed by atoms with Gasteiger partial charge in [0.1, 0.15) is 18.1 Å². The molecule has 0 saturated carbocycles. The van der Waals surface area contributed by atoms with Crippen molar-refractivity contribution in [1.82, 2.24) is 20.9 Å². The van der Waals surface area contributed by atoms with Crippen LogP contribution in [-0.4, -0.2) is 72.1 Å². The van der Waals surface area contributed by atoms with Gasteiger partial charge in [-0.25, -0.2) is 0 Å². The molecule has 2 rings (SSSR count). The lowest BCUT2D eigenvalue weighted by Crippen LogP contribution is -2.59. The molecule has 9 nitrogen and oxygen atoms in total. The molecule has 0 aromatic carbocycles. The van der Waals surface area contributed by atoms with Crippen molar-refractivity contribution in [2.45, 2.75) is 70.5 Å². The first-order chi connectivity index (χ1) is 16.4. The number of halogens is 6. The maximum absolute atomic E-state index is 13.5. The fourth-order valence-corrected chi connectivity index (χ4v) is 4.16. The molecule has 2 aliphatic heterocycles. The highest BCUT2D eigenvalue weighted by Gasteiger charge is 2.53. The summed E-state index contributed by atoms with van der Waals surface area (Å²) in [7, 11) is 0. The van der Waals surface area contributed by atoms with Crippen LogP contribution in [0.25, 0.3) is 0 Å². The number of nitrogens with zero attached hydrogens (tertiary/aromatic N) is 2. The summed E-state index contributed by atoms with van der Waals surface area (Å²) in [5.74, 6) is -7.96. The van der Waals surface area contributed by atoms with Gasteiger partial charge in [0.25, 0.3) is 0 Å². The predicted octanol–water partition coefficient (Wildman–Crippen LogP) is 1.39. The van der Waals surface area contributed by atoms with Crippen LogP contribution in [0.5, 0.6) is 0 Å². The Morgan fingerprint density at radius 2 is 1.75 bits per heavy atom. The topological polar surface area (TPSA) is 131 Å². The lowest BCUT2D eigenvalue weighted by atomic mass is 9.85. The summed E-state index contributed by atoms with van der Waals surface area (Å²) in [6.07, 6.45) is -10.8. The van der Waals surface area contributed by atoms with Crippen LogP contribution < -0.4 is 16.0 Å². The normalized spacial score (nSPS) is 24.5. The van der Waals surface area contributed by atoms with Gasteiger partial charge in [-0.3, -0.25) is 19.2 Å². The van der Waals surface area contributed by atoms with Crippen LogP contribution in [0.2, 0.25) is 0 Å². The lowest BCUT2D eigenvalue weighted by Gasteiger charge is -2.35. The van der Waals surface area contributed by atoms with Gasteiger partial charge in [0.15, 0.2) is 0 Å². The zero-order valence-corrected chi connectivity index (χ0v) is 19.7. The molecule has 15 heteroatoms. The van der Waals surface area contributed by atoms with Crippen molar-refractivity contribution in [2.75, 3.05) is 13.1 Å². The van der Waals surface area contributed by atoms with Crippen LogP contribution in [0.4, 0.5) is 26.3 Å². The first kappa shape index (κ1) is 29.2. The van der Waals surface area contributed by atoms with Crippen LogP contribution in [0.15, 0.2) is 0 Å². The van der Waals surface area contributed by atoms with E-state index in [1.165, 1.54) is 26.1 Å². The van der Waals surface area contributed by atoms with Crippen molar-refractivity contribution in [3.05, 3.63) is 0 Å². The SMILES string of the molecule is CC(C)(C)[C@H](NC(=O)C(F)(F)F)C(=O)N1C[C@H](C(F)(F)F)C[C@H]1C(=O)N[C@H](C#N)C[C@@H]1CCNC1=O. The highest BCUT2D eigenvalue weighted by Crippen LogP contribution is 2.38. The molecule has 0 unspecified atom stereocenters. The number of nitriles is 1. The Hall–Kier alpha value is -3.05. The third-order valence-electron chi connectivity index (χ3n) is 6.15. The lowest BCUT2D eigenvalue weighted by molar-refractivity contribution is -0.176. The molecule has 5 atom stereocenters. The van der Waals surface area contributed by atoms with Crippen LogP contribution in [0.3, 0.4) is 0 Å². The van der Waals surface area contributed by atoms with Crippen molar-refractivity contribution < 1.29 is 45.5 Å². The number of amides is 4. The maximum Gasteiger partial charge on any atom is 0.471 e. The van der Waals surface area contributed by atoms with E-state index >= 15 is 0 Å². The van der Waals surface area contributed by atoms with E-state index in [-0.39, 0.29) is 12.3 Å². The summed E-state index contributed by atoms with van der Waals surface area (Å²) < 4.78 is 79.0. The van der Waals surface area contributed by atoms with E-state index in [1.807, 2.05) is 0 Å². The predicted molar refractivity (Wildman–Crippen MR) is 110 cm³/mol. The van der Waals surface area contributed by atoms with Crippen molar-refractivity contribution in [3.63, 3.8) is 0 Å². The summed E-state index contributed by atoms with van der Waals surface area (Å²) in [6.45, 7) is 3.26. The van der Waals surface area contributed by atoms with Gasteiger partial charge in [-0.1, -0.05) is 20.8 Å². The molecular formula is C21H27F6N5O4. The number of carbonyl (C=O) groups excluding carboxylic acids is 4. The third-order valence-corrected chi connectivity index (χ3v) is 6.15. The van der Waals surface area contributed by atoms with Crippen molar-refractivity contribution in [1.29, 1.82) is 5.26 Å². The monoisotopic (exact) mass is 527 g/mol. The van der Waals surface area contributed by atoms with Crippen molar-refractivity contribution in [2.24, 2.45) is 17.3 Å². The molecule has 202 valence electrons. The minimum absolute atomic E-state index is 0.107. The molecule has 0 spiro atoms. The van der Waals surface area contributed by atoms with Crippen LogP contribution >= 0.6 is 0 Å². The molecule has 2 saturated heterocycles. The van der Waals surface area contributed by atoms with E-state index in [9.17, 15) is 50.8 Å². The molecule has 2 fully saturated rings. The summed E-state index contributed by atoms with van der Waals surface area (Å²) in [5.41, 5.74) is -1.36. The molecule has 4 amide bonds. The number of alkyl halides is 6. The Balaban J connectivity index is 2.30. The standard InChI is InChI=1S/C21H27F6N5O4/c1-19(2,3)14(31-18(36)21(25,26)27)17(35)32-9-11(20(22,23)24)7-13(32)16(34)30-12(8-28)6-10-4-5-29-15(10)33/h10-14H,4-7,9H2,1-3H3,(H,29,33)(H,30,34)(H,31,36)/t10-,11+,12-,13-,14+/m0/s1. The van der Waals surface area contributed by atoms with Crippen LogP contribution in [0.1, 0.15) is 40.0 Å². The molecule has 36 heavy (non-hydrogen) atoms. The van der Waals surface area contributed by atoms with Gasteiger partial charge >= 0.3 is 18.3 Å². The summed E-state index contributed by atoms with van der Waals surface area (Å²) >= 11 is 0. The molecule has 0 aromatic heterocycles. The molecule has 2 aliphatic rings. The first-order valence-electron chi connectivity index (χ1n) is 11.1. The van der Waals surface area contributed by atoms with Gasteiger partial charge in [0.2, 0.25) is 17.7 Å². The molecule has 3 N–H and O–H groups in total. The number of carbonyl (C=O) groups is 4. The summed E-state index contributed by atoms with van der Waals surface area (Å²) in [5, 5.41) is 15.7. The maximum atomic E-state index is 13.5. The Kier molecular flexibility index (Phi) is 8.52. The van der Waals surface area contributed by atoms with E-state index < -0.39 is 78.4 Å². The van der Waals surface area contributed by atoms with E-state index in [0.717, 1.165) is 0 Å². The smallest absolute Gasteiger partial charge is 0.356 e. The summed E-state index contributed by atoms with van der Waals surface area (Å²) in [4.78, 5) is 49.9. The van der Waals surface area contributed by atoms with E-state index in [2.05, 4.69) is 10.6 Å². The second-order valence-electron chi connectivity index (χ2n) is 9.95. The minimum atomic E-state index is -5.35. The number of hydrogen-bond acceptors (Lipinski definition) is 5. The Labute approximate surface area is 202 Å². The quantitative estimate of drug-likeness (QED) is 0.450. The number of rotatable bonds is 6. The van der Waals surface area contributed by atoms with E-state index in [4.69, 9.17) is 0 Å². The summed E-state index contributed by atoms with van der Waals surface area (Å²) in [6, 6.07) is -3.15. The van der Waals surface area contributed by atoms with Gasteiger partial charge < -0.3 is 20.9 Å². The second kappa shape index (κ2) is 10.5. The molecule has 0 radical (unpaired) electrons.